The topological polar surface area (TPSA) is 46.5 Å². The molecule has 0 aromatic heterocycles. The number of ether oxygens (including phenoxy) is 1. The lowest BCUT2D eigenvalue weighted by atomic mass is 10.1. The number of carbonyl (C=O) groups is 1. The lowest BCUT2D eigenvalue weighted by Gasteiger charge is -2.15. The smallest absolute Gasteiger partial charge is 0.335 e. The number of carboxylic acids is 1. The number of aromatic carboxylic acids is 1. The van der Waals surface area contributed by atoms with E-state index in [1.54, 1.807) is 12.1 Å². The molecule has 0 aliphatic rings. The fourth-order valence-corrected chi connectivity index (χ4v) is 1.67. The van der Waals surface area contributed by atoms with E-state index in [2.05, 4.69) is 0 Å². The number of rotatable bonds is 4. The maximum absolute atomic E-state index is 10.7. The van der Waals surface area contributed by atoms with Crippen LogP contribution in [0.1, 0.15) is 28.9 Å². The SMILES string of the molecule is C[C@@H](Oc1ccc(C(=O)O)cc1)c1ccccc1. The highest BCUT2D eigenvalue weighted by atomic mass is 16.5. The van der Waals surface area contributed by atoms with Gasteiger partial charge in [0.05, 0.1) is 5.56 Å². The molecule has 0 amide bonds. The van der Waals surface area contributed by atoms with Gasteiger partial charge in [-0.3, -0.25) is 0 Å². The molecule has 2 aromatic carbocycles. The van der Waals surface area contributed by atoms with Crippen LogP contribution in [0.15, 0.2) is 54.6 Å². The molecular weight excluding hydrogens is 228 g/mol. The van der Waals surface area contributed by atoms with Crippen LogP contribution in [-0.2, 0) is 0 Å². The van der Waals surface area contributed by atoms with Crippen molar-refractivity contribution < 1.29 is 14.6 Å². The van der Waals surface area contributed by atoms with Gasteiger partial charge < -0.3 is 9.84 Å². The second-order valence-corrected chi connectivity index (χ2v) is 4.00. The van der Waals surface area contributed by atoms with Crippen molar-refractivity contribution in [1.82, 2.24) is 0 Å². The van der Waals surface area contributed by atoms with Crippen LogP contribution < -0.4 is 4.74 Å². The second-order valence-electron chi connectivity index (χ2n) is 4.00. The summed E-state index contributed by atoms with van der Waals surface area (Å²) >= 11 is 0. The molecule has 1 N–H and O–H groups in total. The minimum atomic E-state index is -0.933. The minimum absolute atomic E-state index is 0.0677. The van der Waals surface area contributed by atoms with E-state index >= 15 is 0 Å². The Labute approximate surface area is 106 Å². The molecular formula is C15H14O3. The average molecular weight is 242 g/mol. The highest BCUT2D eigenvalue weighted by Crippen LogP contribution is 2.21. The maximum Gasteiger partial charge on any atom is 0.335 e. The second kappa shape index (κ2) is 5.36. The highest BCUT2D eigenvalue weighted by molar-refractivity contribution is 5.87. The molecule has 3 nitrogen and oxygen atoms in total. The van der Waals surface area contributed by atoms with Gasteiger partial charge in [0.1, 0.15) is 11.9 Å². The monoisotopic (exact) mass is 242 g/mol. The molecule has 0 saturated carbocycles. The zero-order valence-corrected chi connectivity index (χ0v) is 10.0. The molecule has 3 heteroatoms. The van der Waals surface area contributed by atoms with E-state index in [1.165, 1.54) is 12.1 Å². The molecule has 0 spiro atoms. The molecule has 2 rings (SSSR count). The van der Waals surface area contributed by atoms with Crippen molar-refractivity contribution in [2.45, 2.75) is 13.0 Å². The van der Waals surface area contributed by atoms with Gasteiger partial charge in [0.2, 0.25) is 0 Å². The lowest BCUT2D eigenvalue weighted by molar-refractivity contribution is 0.0697. The quantitative estimate of drug-likeness (QED) is 0.892. The Kier molecular flexibility index (Phi) is 3.63. The fourth-order valence-electron chi connectivity index (χ4n) is 1.67. The van der Waals surface area contributed by atoms with Gasteiger partial charge in [-0.1, -0.05) is 30.3 Å². The predicted molar refractivity (Wildman–Crippen MR) is 68.9 cm³/mol. The number of hydrogen-bond donors (Lipinski definition) is 1. The Hall–Kier alpha value is -2.29. The van der Waals surface area contributed by atoms with Crippen molar-refractivity contribution >= 4 is 5.97 Å². The zero-order valence-electron chi connectivity index (χ0n) is 10.0. The molecule has 2 aromatic rings. The Morgan fingerprint density at radius 3 is 2.22 bits per heavy atom. The van der Waals surface area contributed by atoms with E-state index in [0.717, 1.165) is 5.56 Å². The van der Waals surface area contributed by atoms with Crippen LogP contribution in [0.5, 0.6) is 5.75 Å². The molecule has 0 aliphatic heterocycles. The third kappa shape index (κ3) is 2.88. The Balaban J connectivity index is 2.08. The van der Waals surface area contributed by atoms with Crippen molar-refractivity contribution in [1.29, 1.82) is 0 Å². The van der Waals surface area contributed by atoms with Gasteiger partial charge in [0.25, 0.3) is 0 Å². The Morgan fingerprint density at radius 2 is 1.67 bits per heavy atom. The van der Waals surface area contributed by atoms with Crippen LogP contribution in [0, 0.1) is 0 Å². The van der Waals surface area contributed by atoms with Crippen LogP contribution >= 0.6 is 0 Å². The van der Waals surface area contributed by atoms with Gasteiger partial charge in [-0.2, -0.15) is 0 Å². The molecule has 0 radical (unpaired) electrons. The molecule has 92 valence electrons. The first-order chi connectivity index (χ1) is 8.66. The predicted octanol–water partition coefficient (Wildman–Crippen LogP) is 3.52. The summed E-state index contributed by atoms with van der Waals surface area (Å²) in [4.78, 5) is 10.7. The first-order valence-corrected chi connectivity index (χ1v) is 5.72. The van der Waals surface area contributed by atoms with Crippen LogP contribution in [0.3, 0.4) is 0 Å². The van der Waals surface area contributed by atoms with Crippen molar-refractivity contribution in [2.75, 3.05) is 0 Å². The molecule has 0 aliphatic carbocycles. The summed E-state index contributed by atoms with van der Waals surface area (Å²) in [7, 11) is 0. The number of carboxylic acid groups (broad SMARTS) is 1. The summed E-state index contributed by atoms with van der Waals surface area (Å²) in [6.07, 6.45) is -0.0677. The van der Waals surface area contributed by atoms with E-state index in [1.807, 2.05) is 37.3 Å². The van der Waals surface area contributed by atoms with Gasteiger partial charge in [-0.05, 0) is 36.8 Å². The molecule has 0 bridgehead atoms. The van der Waals surface area contributed by atoms with E-state index in [0.29, 0.717) is 5.75 Å². The molecule has 0 fully saturated rings. The summed E-state index contributed by atoms with van der Waals surface area (Å²) < 4.78 is 5.74. The summed E-state index contributed by atoms with van der Waals surface area (Å²) in [5.74, 6) is -0.269. The molecule has 18 heavy (non-hydrogen) atoms. The van der Waals surface area contributed by atoms with Crippen LogP contribution in [0.2, 0.25) is 0 Å². The van der Waals surface area contributed by atoms with Crippen molar-refractivity contribution in [3.05, 3.63) is 65.7 Å². The zero-order chi connectivity index (χ0) is 13.0. The largest absolute Gasteiger partial charge is 0.486 e. The Morgan fingerprint density at radius 1 is 1.06 bits per heavy atom. The van der Waals surface area contributed by atoms with E-state index in [-0.39, 0.29) is 11.7 Å². The van der Waals surface area contributed by atoms with Crippen molar-refractivity contribution in [2.24, 2.45) is 0 Å². The average Bonchev–Trinajstić information content (AvgIpc) is 2.40. The van der Waals surface area contributed by atoms with E-state index < -0.39 is 5.97 Å². The van der Waals surface area contributed by atoms with Crippen molar-refractivity contribution in [3.8, 4) is 5.75 Å². The number of benzene rings is 2. The maximum atomic E-state index is 10.7. The molecule has 0 heterocycles. The van der Waals surface area contributed by atoms with Crippen molar-refractivity contribution in [3.63, 3.8) is 0 Å². The van der Waals surface area contributed by atoms with Gasteiger partial charge in [-0.25, -0.2) is 4.79 Å². The van der Waals surface area contributed by atoms with Gasteiger partial charge in [0, 0.05) is 0 Å². The first-order valence-electron chi connectivity index (χ1n) is 5.72. The van der Waals surface area contributed by atoms with Crippen LogP contribution in [0.4, 0.5) is 0 Å². The molecule has 1 atom stereocenters. The van der Waals surface area contributed by atoms with Gasteiger partial charge in [-0.15, -0.1) is 0 Å². The lowest BCUT2D eigenvalue weighted by Crippen LogP contribution is -2.03. The first kappa shape index (κ1) is 12.2. The molecule has 0 unspecified atom stereocenters. The van der Waals surface area contributed by atoms with Gasteiger partial charge >= 0.3 is 5.97 Å². The summed E-state index contributed by atoms with van der Waals surface area (Å²) in [5, 5.41) is 8.79. The third-order valence-corrected chi connectivity index (χ3v) is 2.68. The number of hydrogen-bond acceptors (Lipinski definition) is 2. The van der Waals surface area contributed by atoms with Crippen LogP contribution in [0.25, 0.3) is 0 Å². The normalized spacial score (nSPS) is 11.8. The highest BCUT2D eigenvalue weighted by Gasteiger charge is 2.07. The summed E-state index contributed by atoms with van der Waals surface area (Å²) in [6.45, 7) is 1.96. The Bertz CT molecular complexity index is 517. The molecule has 0 saturated heterocycles. The van der Waals surface area contributed by atoms with Crippen LogP contribution in [-0.4, -0.2) is 11.1 Å². The minimum Gasteiger partial charge on any atom is -0.486 e. The third-order valence-electron chi connectivity index (χ3n) is 2.68. The summed E-state index contributed by atoms with van der Waals surface area (Å²) in [5.41, 5.74) is 1.34. The van der Waals surface area contributed by atoms with E-state index in [4.69, 9.17) is 9.84 Å². The summed E-state index contributed by atoms with van der Waals surface area (Å²) in [6, 6.07) is 16.3. The standard InChI is InChI=1S/C15H14O3/c1-11(12-5-3-2-4-6-12)18-14-9-7-13(8-10-14)15(16)17/h2-11H,1H3,(H,16,17)/t11-/m1/s1. The van der Waals surface area contributed by atoms with Gasteiger partial charge in [0.15, 0.2) is 0 Å². The fraction of sp³-hybridized carbons (Fsp3) is 0.133. The van der Waals surface area contributed by atoms with E-state index in [9.17, 15) is 4.79 Å².